The van der Waals surface area contributed by atoms with Crippen LogP contribution in [0.25, 0.3) is 0 Å². The molecule has 1 atom stereocenters. The first-order valence-corrected chi connectivity index (χ1v) is 21.4. The van der Waals surface area contributed by atoms with E-state index in [2.05, 4.69) is 124 Å². The van der Waals surface area contributed by atoms with Gasteiger partial charge in [-0.1, -0.05) is 162 Å². The lowest BCUT2D eigenvalue weighted by molar-refractivity contribution is -0.162. The zero-order valence-corrected chi connectivity index (χ0v) is 34.7. The summed E-state index contributed by atoms with van der Waals surface area (Å²) in [6.07, 6.45) is 59.7. The second kappa shape index (κ2) is 44.0. The number of carbonyl (C=O) groups excluding carboxylic acids is 2. The van der Waals surface area contributed by atoms with Crippen LogP contribution in [0.15, 0.2) is 109 Å². The second-order valence-corrected chi connectivity index (χ2v) is 13.5. The highest BCUT2D eigenvalue weighted by Gasteiger charge is 2.17. The normalized spacial score (nSPS) is 13.3. The molecule has 5 heteroatoms. The second-order valence-electron chi connectivity index (χ2n) is 13.5. The first-order chi connectivity index (χ1) is 26.6. The third-order valence-corrected chi connectivity index (χ3v) is 8.29. The Balaban J connectivity index is 4.49. The first kappa shape index (κ1) is 50.6. The van der Waals surface area contributed by atoms with E-state index >= 15 is 0 Å². The Labute approximate surface area is 332 Å². The van der Waals surface area contributed by atoms with Crippen molar-refractivity contribution in [1.29, 1.82) is 0 Å². The van der Waals surface area contributed by atoms with Crippen LogP contribution in [-0.2, 0) is 23.8 Å². The van der Waals surface area contributed by atoms with Crippen molar-refractivity contribution in [3.05, 3.63) is 109 Å². The maximum absolute atomic E-state index is 12.7. The van der Waals surface area contributed by atoms with Gasteiger partial charge in [-0.05, 0) is 96.3 Å². The minimum Gasteiger partial charge on any atom is -0.462 e. The highest BCUT2D eigenvalue weighted by atomic mass is 16.6. The minimum atomic E-state index is -0.601. The summed E-state index contributed by atoms with van der Waals surface area (Å²) in [7, 11) is 0. The van der Waals surface area contributed by atoms with Crippen molar-refractivity contribution in [2.24, 2.45) is 0 Å². The molecule has 0 bridgehead atoms. The van der Waals surface area contributed by atoms with Gasteiger partial charge in [0, 0.05) is 19.4 Å². The smallest absolute Gasteiger partial charge is 0.306 e. The topological polar surface area (TPSA) is 61.8 Å². The lowest BCUT2D eigenvalue weighted by Crippen LogP contribution is -2.30. The summed E-state index contributed by atoms with van der Waals surface area (Å²) in [4.78, 5) is 25.1. The molecular weight excluding hydrogens is 669 g/mol. The molecule has 0 radical (unpaired) electrons. The molecule has 0 amide bonds. The molecule has 0 fully saturated rings. The molecule has 0 saturated heterocycles. The minimum absolute atomic E-state index is 0.0153. The van der Waals surface area contributed by atoms with Gasteiger partial charge < -0.3 is 14.2 Å². The molecule has 1 unspecified atom stereocenters. The Morgan fingerprint density at radius 2 is 0.870 bits per heavy atom. The third-order valence-electron chi connectivity index (χ3n) is 8.29. The maximum atomic E-state index is 12.7. The largest absolute Gasteiger partial charge is 0.462 e. The quantitative estimate of drug-likeness (QED) is 0.0360. The molecule has 0 N–H and O–H groups in total. The molecule has 0 aliphatic rings. The van der Waals surface area contributed by atoms with E-state index in [9.17, 15) is 9.59 Å². The van der Waals surface area contributed by atoms with Crippen LogP contribution >= 0.6 is 0 Å². The number of rotatable bonds is 37. The van der Waals surface area contributed by atoms with Gasteiger partial charge in [0.25, 0.3) is 0 Å². The molecule has 0 aliphatic heterocycles. The molecular formula is C49H78O5. The SMILES string of the molecule is CC/C=C\C/C=C\C/C=C\C/C=C\CCCOCC(COC(=O)CC/C=C\C/C=C\C/C=C\C/C=C\CC)OC(=O)CCCCCCC/C=C\CCCC. The fourth-order valence-electron chi connectivity index (χ4n) is 5.15. The average Bonchev–Trinajstić information content (AvgIpc) is 3.17. The van der Waals surface area contributed by atoms with Gasteiger partial charge in [0.1, 0.15) is 6.61 Å². The van der Waals surface area contributed by atoms with E-state index in [1.165, 1.54) is 32.1 Å². The van der Waals surface area contributed by atoms with Crippen LogP contribution in [0.4, 0.5) is 0 Å². The van der Waals surface area contributed by atoms with Gasteiger partial charge in [0.2, 0.25) is 0 Å². The Morgan fingerprint density at radius 1 is 0.426 bits per heavy atom. The van der Waals surface area contributed by atoms with Crippen LogP contribution in [-0.4, -0.2) is 37.9 Å². The van der Waals surface area contributed by atoms with Crippen LogP contribution in [0, 0.1) is 0 Å². The van der Waals surface area contributed by atoms with Gasteiger partial charge in [0.05, 0.1) is 6.61 Å². The molecule has 5 nitrogen and oxygen atoms in total. The van der Waals surface area contributed by atoms with Crippen molar-refractivity contribution in [3.8, 4) is 0 Å². The summed E-state index contributed by atoms with van der Waals surface area (Å²) in [5, 5.41) is 0. The maximum Gasteiger partial charge on any atom is 0.306 e. The van der Waals surface area contributed by atoms with Crippen molar-refractivity contribution in [3.63, 3.8) is 0 Å². The summed E-state index contributed by atoms with van der Waals surface area (Å²) in [6.45, 7) is 7.30. The van der Waals surface area contributed by atoms with Crippen LogP contribution < -0.4 is 0 Å². The Morgan fingerprint density at radius 3 is 1.43 bits per heavy atom. The lowest BCUT2D eigenvalue weighted by atomic mass is 10.1. The predicted molar refractivity (Wildman–Crippen MR) is 233 cm³/mol. The van der Waals surface area contributed by atoms with E-state index in [-0.39, 0.29) is 25.2 Å². The summed E-state index contributed by atoms with van der Waals surface area (Å²) in [5.74, 6) is -0.545. The number of allylic oxidation sites excluding steroid dienone is 18. The summed E-state index contributed by atoms with van der Waals surface area (Å²) >= 11 is 0. The zero-order valence-electron chi connectivity index (χ0n) is 34.7. The van der Waals surface area contributed by atoms with E-state index in [1.54, 1.807) is 0 Å². The molecule has 304 valence electrons. The van der Waals surface area contributed by atoms with Crippen LogP contribution in [0.3, 0.4) is 0 Å². The van der Waals surface area contributed by atoms with E-state index in [4.69, 9.17) is 14.2 Å². The van der Waals surface area contributed by atoms with Gasteiger partial charge in [-0.3, -0.25) is 9.59 Å². The molecule has 0 aliphatic carbocycles. The number of esters is 2. The summed E-state index contributed by atoms with van der Waals surface area (Å²) in [6, 6.07) is 0. The molecule has 0 rings (SSSR count). The van der Waals surface area contributed by atoms with Crippen molar-refractivity contribution in [2.45, 2.75) is 168 Å². The molecule has 54 heavy (non-hydrogen) atoms. The Bertz CT molecular complexity index is 1120. The standard InChI is InChI=1S/C49H78O5/c1-4-7-10-13-16-19-22-24-26-29-32-35-38-41-44-52-45-47(54-49(51)43-40-37-34-31-27-21-18-15-12-9-6-3)46-53-48(50)42-39-36-33-30-28-25-23-20-17-14-11-8-5-2/h7-8,10-11,15-20,24-26,28,32-33,35-36,47H,4-6,9,12-14,21-23,27,29-31,34,37-46H2,1-3H3/b10-7-,11-8-,18-15-,19-16-,20-17-,26-24-,28-25-,35-32-,36-33-. The lowest BCUT2D eigenvalue weighted by Gasteiger charge is -2.18. The molecule has 0 heterocycles. The summed E-state index contributed by atoms with van der Waals surface area (Å²) in [5.41, 5.74) is 0. The molecule has 0 aromatic carbocycles. The molecule has 0 saturated carbocycles. The third kappa shape index (κ3) is 41.3. The Hall–Kier alpha value is -3.44. The van der Waals surface area contributed by atoms with Gasteiger partial charge in [-0.2, -0.15) is 0 Å². The number of unbranched alkanes of at least 4 members (excludes halogenated alkanes) is 8. The van der Waals surface area contributed by atoms with Gasteiger partial charge >= 0.3 is 11.9 Å². The molecule has 0 aromatic heterocycles. The van der Waals surface area contributed by atoms with Crippen LogP contribution in [0.1, 0.15) is 162 Å². The molecule has 0 aromatic rings. The van der Waals surface area contributed by atoms with Crippen molar-refractivity contribution < 1.29 is 23.8 Å². The summed E-state index contributed by atoms with van der Waals surface area (Å²) < 4.78 is 17.1. The zero-order chi connectivity index (χ0) is 39.3. The fourth-order valence-corrected chi connectivity index (χ4v) is 5.15. The van der Waals surface area contributed by atoms with Crippen LogP contribution in [0.2, 0.25) is 0 Å². The van der Waals surface area contributed by atoms with Gasteiger partial charge in [0.15, 0.2) is 6.10 Å². The van der Waals surface area contributed by atoms with Gasteiger partial charge in [-0.15, -0.1) is 0 Å². The van der Waals surface area contributed by atoms with Gasteiger partial charge in [-0.25, -0.2) is 0 Å². The average molecular weight is 747 g/mol. The van der Waals surface area contributed by atoms with E-state index in [0.717, 1.165) is 89.9 Å². The number of carbonyl (C=O) groups is 2. The van der Waals surface area contributed by atoms with Crippen molar-refractivity contribution in [1.82, 2.24) is 0 Å². The Kier molecular flexibility index (Phi) is 41.2. The highest BCUT2D eigenvalue weighted by molar-refractivity contribution is 5.70. The first-order valence-electron chi connectivity index (χ1n) is 21.4. The molecule has 0 spiro atoms. The number of hydrogen-bond acceptors (Lipinski definition) is 5. The van der Waals surface area contributed by atoms with E-state index in [1.807, 2.05) is 6.08 Å². The van der Waals surface area contributed by atoms with Crippen LogP contribution in [0.5, 0.6) is 0 Å². The van der Waals surface area contributed by atoms with Crippen molar-refractivity contribution in [2.75, 3.05) is 19.8 Å². The number of ether oxygens (including phenoxy) is 3. The predicted octanol–water partition coefficient (Wildman–Crippen LogP) is 14.1. The van der Waals surface area contributed by atoms with E-state index < -0.39 is 6.10 Å². The van der Waals surface area contributed by atoms with E-state index in [0.29, 0.717) is 25.9 Å². The monoisotopic (exact) mass is 747 g/mol. The van der Waals surface area contributed by atoms with Crippen molar-refractivity contribution >= 4 is 11.9 Å². The highest BCUT2D eigenvalue weighted by Crippen LogP contribution is 2.10. The number of hydrogen-bond donors (Lipinski definition) is 0. The fraction of sp³-hybridized carbons (Fsp3) is 0.592.